The minimum absolute atomic E-state index is 0.288. The number of aryl methyl sites for hydroxylation is 1. The standard InChI is InChI=1S/C10H12ClN3O/c1-14-9(7-4-2-3-5-7)8(11)10(13-14)12-6-15/h7H,2-5H2,1H3. The highest BCUT2D eigenvalue weighted by Gasteiger charge is 2.25. The number of halogens is 1. The minimum atomic E-state index is 0.288. The summed E-state index contributed by atoms with van der Waals surface area (Å²) in [5.41, 5.74) is 1.00. The Bertz CT molecular complexity index is 415. The fourth-order valence-corrected chi connectivity index (χ4v) is 2.61. The zero-order valence-corrected chi connectivity index (χ0v) is 9.29. The van der Waals surface area contributed by atoms with Gasteiger partial charge in [-0.1, -0.05) is 24.4 Å². The molecule has 15 heavy (non-hydrogen) atoms. The van der Waals surface area contributed by atoms with E-state index in [1.54, 1.807) is 4.68 Å². The Morgan fingerprint density at radius 3 is 2.80 bits per heavy atom. The van der Waals surface area contributed by atoms with Gasteiger partial charge in [-0.15, -0.1) is 4.99 Å². The molecule has 1 aromatic rings. The molecule has 0 aromatic carbocycles. The molecule has 0 saturated heterocycles. The van der Waals surface area contributed by atoms with E-state index in [4.69, 9.17) is 11.6 Å². The highest BCUT2D eigenvalue weighted by atomic mass is 35.5. The Morgan fingerprint density at radius 1 is 1.53 bits per heavy atom. The molecule has 1 saturated carbocycles. The van der Waals surface area contributed by atoms with E-state index in [-0.39, 0.29) is 5.82 Å². The first kappa shape index (κ1) is 10.4. The van der Waals surface area contributed by atoms with E-state index in [2.05, 4.69) is 10.1 Å². The zero-order chi connectivity index (χ0) is 10.8. The molecule has 1 fully saturated rings. The van der Waals surface area contributed by atoms with Crippen molar-refractivity contribution in [2.45, 2.75) is 31.6 Å². The summed E-state index contributed by atoms with van der Waals surface area (Å²) in [6, 6.07) is 0. The summed E-state index contributed by atoms with van der Waals surface area (Å²) in [6.45, 7) is 0. The van der Waals surface area contributed by atoms with Gasteiger partial charge < -0.3 is 0 Å². The average Bonchev–Trinajstić information content (AvgIpc) is 2.77. The lowest BCUT2D eigenvalue weighted by molar-refractivity contribution is 0.565. The van der Waals surface area contributed by atoms with Crippen molar-refractivity contribution in [3.05, 3.63) is 10.7 Å². The highest BCUT2D eigenvalue weighted by Crippen LogP contribution is 2.40. The van der Waals surface area contributed by atoms with Crippen LogP contribution >= 0.6 is 11.6 Å². The van der Waals surface area contributed by atoms with Crippen LogP contribution in [0.25, 0.3) is 0 Å². The Labute approximate surface area is 92.9 Å². The summed E-state index contributed by atoms with van der Waals surface area (Å²) < 4.78 is 1.73. The van der Waals surface area contributed by atoms with E-state index in [9.17, 15) is 4.79 Å². The van der Waals surface area contributed by atoms with E-state index < -0.39 is 0 Å². The normalized spacial score (nSPS) is 16.7. The molecular weight excluding hydrogens is 214 g/mol. The fourth-order valence-electron chi connectivity index (χ4n) is 2.25. The van der Waals surface area contributed by atoms with Gasteiger partial charge in [0.2, 0.25) is 11.9 Å². The summed E-state index contributed by atoms with van der Waals surface area (Å²) in [4.78, 5) is 13.7. The third-order valence-corrected chi connectivity index (χ3v) is 3.27. The molecule has 0 atom stereocenters. The van der Waals surface area contributed by atoms with Gasteiger partial charge in [-0.3, -0.25) is 4.68 Å². The largest absolute Gasteiger partial charge is 0.269 e. The maximum absolute atomic E-state index is 10.2. The number of isocyanates is 1. The number of rotatable bonds is 2. The number of nitrogens with zero attached hydrogens (tertiary/aromatic N) is 3. The van der Waals surface area contributed by atoms with Crippen LogP contribution in [-0.4, -0.2) is 15.9 Å². The van der Waals surface area contributed by atoms with Gasteiger partial charge in [0, 0.05) is 13.0 Å². The molecule has 0 bridgehead atoms. The number of hydrogen-bond acceptors (Lipinski definition) is 3. The van der Waals surface area contributed by atoms with Gasteiger partial charge in [0.05, 0.1) is 5.69 Å². The van der Waals surface area contributed by atoms with Crippen LogP contribution in [0.4, 0.5) is 5.82 Å². The summed E-state index contributed by atoms with van der Waals surface area (Å²) >= 11 is 6.13. The second kappa shape index (κ2) is 4.17. The fraction of sp³-hybridized carbons (Fsp3) is 0.600. The molecule has 0 radical (unpaired) electrons. The van der Waals surface area contributed by atoms with Crippen LogP contribution in [0.2, 0.25) is 5.02 Å². The van der Waals surface area contributed by atoms with E-state index in [1.807, 2.05) is 7.05 Å². The zero-order valence-electron chi connectivity index (χ0n) is 8.53. The molecule has 4 nitrogen and oxygen atoms in total. The molecule has 0 spiro atoms. The summed E-state index contributed by atoms with van der Waals surface area (Å²) in [5.74, 6) is 0.752. The topological polar surface area (TPSA) is 47.2 Å². The molecule has 80 valence electrons. The molecule has 0 N–H and O–H groups in total. The number of carbonyl (C=O) groups excluding carboxylic acids is 1. The van der Waals surface area contributed by atoms with Gasteiger partial charge in [0.15, 0.2) is 0 Å². The first-order valence-corrected chi connectivity index (χ1v) is 5.42. The first-order valence-electron chi connectivity index (χ1n) is 5.04. The predicted octanol–water partition coefficient (Wildman–Crippen LogP) is 2.70. The smallest absolute Gasteiger partial charge is 0.242 e. The van der Waals surface area contributed by atoms with Crippen LogP contribution in [0.15, 0.2) is 4.99 Å². The van der Waals surface area contributed by atoms with Gasteiger partial charge in [0.25, 0.3) is 0 Å². The molecule has 5 heteroatoms. The van der Waals surface area contributed by atoms with E-state index in [0.717, 1.165) is 18.5 Å². The van der Waals surface area contributed by atoms with Crippen LogP contribution in [0.1, 0.15) is 37.3 Å². The quantitative estimate of drug-likeness (QED) is 0.574. The monoisotopic (exact) mass is 225 g/mol. The van der Waals surface area contributed by atoms with Crippen molar-refractivity contribution in [3.63, 3.8) is 0 Å². The lowest BCUT2D eigenvalue weighted by Gasteiger charge is -2.09. The van der Waals surface area contributed by atoms with E-state index in [1.165, 1.54) is 18.9 Å². The molecule has 0 unspecified atom stereocenters. The van der Waals surface area contributed by atoms with Crippen molar-refractivity contribution >= 4 is 23.5 Å². The maximum atomic E-state index is 10.2. The first-order chi connectivity index (χ1) is 7.24. The van der Waals surface area contributed by atoms with Crippen LogP contribution in [0, 0.1) is 0 Å². The van der Waals surface area contributed by atoms with Crippen LogP contribution in [0.5, 0.6) is 0 Å². The van der Waals surface area contributed by atoms with Gasteiger partial charge in [-0.25, -0.2) is 4.79 Å². The van der Waals surface area contributed by atoms with Crippen molar-refractivity contribution in [2.75, 3.05) is 0 Å². The molecule has 1 aromatic heterocycles. The van der Waals surface area contributed by atoms with Crippen molar-refractivity contribution in [1.82, 2.24) is 9.78 Å². The molecule has 1 heterocycles. The SMILES string of the molecule is Cn1nc(N=C=O)c(Cl)c1C1CCCC1. The minimum Gasteiger partial charge on any atom is -0.269 e. The third-order valence-electron chi connectivity index (χ3n) is 2.91. The second-order valence-corrected chi connectivity index (χ2v) is 4.21. The van der Waals surface area contributed by atoms with E-state index in [0.29, 0.717) is 10.9 Å². The molecule has 2 rings (SSSR count). The van der Waals surface area contributed by atoms with Gasteiger partial charge in [0.1, 0.15) is 5.02 Å². The number of hydrogen-bond donors (Lipinski definition) is 0. The molecule has 0 aliphatic heterocycles. The molecular formula is C10H12ClN3O. The highest BCUT2D eigenvalue weighted by molar-refractivity contribution is 6.33. The van der Waals surface area contributed by atoms with Gasteiger partial charge in [-0.05, 0) is 12.8 Å². The van der Waals surface area contributed by atoms with Crippen molar-refractivity contribution in [1.29, 1.82) is 0 Å². The molecule has 1 aliphatic carbocycles. The Balaban J connectivity index is 2.41. The Kier molecular flexibility index (Phi) is 2.89. The van der Waals surface area contributed by atoms with Gasteiger partial charge >= 0.3 is 0 Å². The second-order valence-electron chi connectivity index (χ2n) is 3.83. The van der Waals surface area contributed by atoms with Crippen LogP contribution in [0.3, 0.4) is 0 Å². The molecule has 0 amide bonds. The van der Waals surface area contributed by atoms with Gasteiger partial charge in [-0.2, -0.15) is 5.10 Å². The average molecular weight is 226 g/mol. The van der Waals surface area contributed by atoms with Crippen LogP contribution in [-0.2, 0) is 11.8 Å². The summed E-state index contributed by atoms with van der Waals surface area (Å²) in [6.07, 6.45) is 6.22. The maximum Gasteiger partial charge on any atom is 0.242 e. The number of aromatic nitrogens is 2. The third kappa shape index (κ3) is 1.83. The Hall–Kier alpha value is -1.12. The predicted molar refractivity (Wildman–Crippen MR) is 57.2 cm³/mol. The van der Waals surface area contributed by atoms with Crippen molar-refractivity contribution in [3.8, 4) is 0 Å². The van der Waals surface area contributed by atoms with Crippen molar-refractivity contribution in [2.24, 2.45) is 12.0 Å². The number of aliphatic imine (C=N–C) groups is 1. The Morgan fingerprint density at radius 2 is 2.20 bits per heavy atom. The molecule has 1 aliphatic rings. The van der Waals surface area contributed by atoms with Crippen LogP contribution < -0.4 is 0 Å². The summed E-state index contributed by atoms with van der Waals surface area (Å²) in [7, 11) is 1.84. The lowest BCUT2D eigenvalue weighted by Crippen LogP contribution is -2.02. The summed E-state index contributed by atoms with van der Waals surface area (Å²) in [5, 5.41) is 4.61. The van der Waals surface area contributed by atoms with Crippen molar-refractivity contribution < 1.29 is 4.79 Å². The lowest BCUT2D eigenvalue weighted by atomic mass is 10.0. The van der Waals surface area contributed by atoms with E-state index >= 15 is 0 Å².